The Kier molecular flexibility index (Phi) is 11.6. The van der Waals surface area contributed by atoms with E-state index in [1.54, 1.807) is 51.9 Å². The number of aromatic nitrogens is 6. The number of nitrogens with one attached hydrogen (secondary N) is 1. The lowest BCUT2D eigenvalue weighted by molar-refractivity contribution is 0.0854. The van der Waals surface area contributed by atoms with Crippen LogP contribution in [0, 0.1) is 4.91 Å². The SMILES string of the molecule is Cn1c(CN(c2cnc3cc(N4CCOCC4)nc(O[C@H]4CC[C@@H](Nc5ncc(N6CCN(CC(F)F)CC6)cn5)CC4)c3c2)[S+](C)[O-])cnc1N=O. The zero-order chi connectivity index (χ0) is 36.9. The van der Waals surface area contributed by atoms with Gasteiger partial charge in [0.15, 0.2) is 0 Å². The Morgan fingerprint density at radius 2 is 1.74 bits per heavy atom. The van der Waals surface area contributed by atoms with E-state index < -0.39 is 17.8 Å². The fraction of sp³-hybridized carbons (Fsp3) is 0.559. The van der Waals surface area contributed by atoms with Gasteiger partial charge in [-0.2, -0.15) is 9.29 Å². The minimum atomic E-state index is -2.32. The van der Waals surface area contributed by atoms with Gasteiger partial charge in [-0.25, -0.2) is 23.7 Å². The zero-order valence-corrected chi connectivity index (χ0v) is 30.6. The van der Waals surface area contributed by atoms with E-state index in [4.69, 9.17) is 19.4 Å². The maximum atomic E-state index is 13.0. The number of imidazole rings is 1. The number of pyridine rings is 2. The van der Waals surface area contributed by atoms with Crippen LogP contribution in [-0.4, -0.2) is 123 Å². The summed E-state index contributed by atoms with van der Waals surface area (Å²) in [7, 11) is 1.69. The number of anilines is 4. The maximum absolute atomic E-state index is 13.0. The minimum absolute atomic E-state index is 0.0434. The van der Waals surface area contributed by atoms with Crippen molar-refractivity contribution in [2.75, 3.05) is 84.7 Å². The second kappa shape index (κ2) is 16.7. The van der Waals surface area contributed by atoms with Crippen LogP contribution in [0.25, 0.3) is 10.9 Å². The summed E-state index contributed by atoms with van der Waals surface area (Å²) in [5.74, 6) is 1.84. The average molecular weight is 755 g/mol. The largest absolute Gasteiger partial charge is 0.593 e. The summed E-state index contributed by atoms with van der Waals surface area (Å²) < 4.78 is 54.0. The first-order valence-corrected chi connectivity index (χ1v) is 19.3. The third-order valence-corrected chi connectivity index (χ3v) is 11.0. The van der Waals surface area contributed by atoms with Crippen molar-refractivity contribution >= 4 is 51.4 Å². The van der Waals surface area contributed by atoms with Gasteiger partial charge in [0.05, 0.1) is 78.2 Å². The molecular weight excluding hydrogens is 711 g/mol. The highest BCUT2D eigenvalue weighted by Gasteiger charge is 2.27. The summed E-state index contributed by atoms with van der Waals surface area (Å²) in [5.41, 5.74) is 2.87. The highest BCUT2D eigenvalue weighted by Crippen LogP contribution is 2.34. The van der Waals surface area contributed by atoms with Crippen molar-refractivity contribution in [1.82, 2.24) is 34.4 Å². The molecule has 0 spiro atoms. The third-order valence-electron chi connectivity index (χ3n) is 10.1. The van der Waals surface area contributed by atoms with Crippen LogP contribution in [0.4, 0.5) is 37.9 Å². The Bertz CT molecular complexity index is 1830. The van der Waals surface area contributed by atoms with Gasteiger partial charge in [0.1, 0.15) is 30.4 Å². The topological polar surface area (TPSA) is 165 Å². The molecule has 0 radical (unpaired) electrons. The van der Waals surface area contributed by atoms with Crippen LogP contribution >= 0.6 is 0 Å². The average Bonchev–Trinajstić information content (AvgIpc) is 3.53. The van der Waals surface area contributed by atoms with Crippen LogP contribution in [0.1, 0.15) is 31.4 Å². The molecule has 7 rings (SSSR count). The third kappa shape index (κ3) is 8.85. The molecule has 1 atom stereocenters. The Hall–Kier alpha value is -4.46. The monoisotopic (exact) mass is 754 g/mol. The molecule has 0 amide bonds. The van der Waals surface area contributed by atoms with Crippen LogP contribution in [0.5, 0.6) is 5.88 Å². The van der Waals surface area contributed by atoms with Gasteiger partial charge in [0, 0.05) is 63.6 Å². The Morgan fingerprint density at radius 1 is 1.00 bits per heavy atom. The predicted octanol–water partition coefficient (Wildman–Crippen LogP) is 3.88. The number of piperazine rings is 1. The van der Waals surface area contributed by atoms with E-state index in [0.29, 0.717) is 86.6 Å². The van der Waals surface area contributed by atoms with Crippen molar-refractivity contribution in [2.24, 2.45) is 12.2 Å². The molecule has 1 saturated carbocycles. The van der Waals surface area contributed by atoms with Crippen LogP contribution in [0.2, 0.25) is 0 Å². The molecule has 4 aromatic rings. The van der Waals surface area contributed by atoms with E-state index in [2.05, 4.69) is 35.2 Å². The summed E-state index contributed by atoms with van der Waals surface area (Å²) in [5, 5.41) is 7.13. The summed E-state index contributed by atoms with van der Waals surface area (Å²) in [6, 6.07) is 4.03. The van der Waals surface area contributed by atoms with Crippen LogP contribution in [0.15, 0.2) is 42.1 Å². The van der Waals surface area contributed by atoms with E-state index in [1.807, 2.05) is 12.1 Å². The standard InChI is InChI=1S/C34H44F2N12O4S/c1-44-26(20-40-34(44)43-49)21-48(53(2)50)24-15-28-29(37-17-24)16-31(47-11-13-51-14-12-47)42-32(28)52-27-5-3-23(4-6-27)41-33-38-18-25(19-39-33)46-9-7-45(8-10-46)22-30(35)36/h15-20,23,27,30H,3-14,21-22H2,1-2H3,(H,38,39,41)/t23-,27+,53?. The lowest BCUT2D eigenvalue weighted by atomic mass is 9.93. The van der Waals surface area contributed by atoms with Gasteiger partial charge in [0.2, 0.25) is 11.8 Å². The number of nitrogens with zero attached hydrogens (tertiary/aromatic N) is 11. The van der Waals surface area contributed by atoms with Gasteiger partial charge in [-0.15, -0.1) is 4.91 Å². The quantitative estimate of drug-likeness (QED) is 0.154. The summed E-state index contributed by atoms with van der Waals surface area (Å²) in [6.45, 7) is 5.15. The molecule has 6 heterocycles. The first-order chi connectivity index (χ1) is 25.7. The number of hydrogen-bond acceptors (Lipinski definition) is 15. The fourth-order valence-corrected chi connectivity index (χ4v) is 7.71. The molecule has 53 heavy (non-hydrogen) atoms. The molecule has 0 bridgehead atoms. The lowest BCUT2D eigenvalue weighted by Gasteiger charge is -2.35. The molecule has 1 N–H and O–H groups in total. The second-order valence-corrected chi connectivity index (χ2v) is 14.8. The van der Waals surface area contributed by atoms with E-state index in [1.165, 1.54) is 0 Å². The minimum Gasteiger partial charge on any atom is -0.593 e. The normalized spacial score (nSPS) is 20.5. The van der Waals surface area contributed by atoms with E-state index >= 15 is 0 Å². The Balaban J connectivity index is 1.03. The molecule has 19 heteroatoms. The fourth-order valence-electron chi connectivity index (χ4n) is 7.00. The van der Waals surface area contributed by atoms with Crippen molar-refractivity contribution in [3.63, 3.8) is 0 Å². The molecule has 0 aromatic carbocycles. The highest BCUT2D eigenvalue weighted by atomic mass is 32.2. The van der Waals surface area contributed by atoms with Crippen LogP contribution in [-0.2, 0) is 29.7 Å². The van der Waals surface area contributed by atoms with Crippen LogP contribution < -0.4 is 24.2 Å². The van der Waals surface area contributed by atoms with Gasteiger partial charge in [0.25, 0.3) is 12.4 Å². The van der Waals surface area contributed by atoms with Crippen molar-refractivity contribution in [3.8, 4) is 5.88 Å². The molecule has 3 fully saturated rings. The highest BCUT2D eigenvalue weighted by molar-refractivity contribution is 7.92. The number of alkyl halides is 2. The molecular formula is C34H44F2N12O4S. The number of hydrogen-bond donors (Lipinski definition) is 1. The second-order valence-electron chi connectivity index (χ2n) is 13.5. The van der Waals surface area contributed by atoms with Crippen molar-refractivity contribution in [3.05, 3.63) is 47.5 Å². The summed E-state index contributed by atoms with van der Waals surface area (Å²) in [6.07, 6.45) is 9.27. The predicted molar refractivity (Wildman–Crippen MR) is 198 cm³/mol. The molecule has 2 saturated heterocycles. The number of fused-ring (bicyclic) bond motifs is 1. The summed E-state index contributed by atoms with van der Waals surface area (Å²) >= 11 is -1.43. The van der Waals surface area contributed by atoms with Gasteiger partial charge in [-0.1, -0.05) is 0 Å². The zero-order valence-electron chi connectivity index (χ0n) is 29.8. The molecule has 1 unspecified atom stereocenters. The van der Waals surface area contributed by atoms with Crippen molar-refractivity contribution in [2.45, 2.75) is 50.8 Å². The lowest BCUT2D eigenvalue weighted by Crippen LogP contribution is -2.47. The smallest absolute Gasteiger partial charge is 0.271 e. The molecule has 2 aliphatic heterocycles. The van der Waals surface area contributed by atoms with Crippen LogP contribution in [0.3, 0.4) is 0 Å². The Morgan fingerprint density at radius 3 is 2.40 bits per heavy atom. The number of morpholine rings is 1. The molecule has 16 nitrogen and oxygen atoms in total. The summed E-state index contributed by atoms with van der Waals surface area (Å²) in [4.78, 5) is 40.2. The maximum Gasteiger partial charge on any atom is 0.271 e. The van der Waals surface area contributed by atoms with Crippen molar-refractivity contribution < 1.29 is 22.8 Å². The van der Waals surface area contributed by atoms with E-state index in [-0.39, 0.29) is 31.2 Å². The number of halogens is 2. The molecule has 4 aromatic heterocycles. The Labute approximate surface area is 309 Å². The van der Waals surface area contributed by atoms with Gasteiger partial charge in [-0.05, 0) is 31.7 Å². The molecule has 3 aliphatic rings. The molecule has 1 aliphatic carbocycles. The van der Waals surface area contributed by atoms with E-state index in [9.17, 15) is 18.2 Å². The number of rotatable bonds is 13. The first kappa shape index (κ1) is 36.9. The van der Waals surface area contributed by atoms with Gasteiger partial charge < -0.3 is 33.7 Å². The molecule has 284 valence electrons. The van der Waals surface area contributed by atoms with E-state index in [0.717, 1.165) is 37.2 Å². The van der Waals surface area contributed by atoms with Crippen molar-refractivity contribution in [1.29, 1.82) is 0 Å². The number of ether oxygens (including phenoxy) is 2. The van der Waals surface area contributed by atoms with Gasteiger partial charge in [-0.3, -0.25) is 9.88 Å². The van der Waals surface area contributed by atoms with Gasteiger partial charge >= 0.3 is 0 Å². The first-order valence-electron chi connectivity index (χ1n) is 17.8. The number of nitroso groups, excluding NO2 is 1.